The van der Waals surface area contributed by atoms with Gasteiger partial charge >= 0.3 is 6.61 Å². The maximum atomic E-state index is 12.5. The molecule has 1 fully saturated rings. The Bertz CT molecular complexity index is 909. The summed E-state index contributed by atoms with van der Waals surface area (Å²) in [5, 5.41) is 2.52. The number of ether oxygens (including phenoxy) is 1. The van der Waals surface area contributed by atoms with Crippen LogP contribution in [0.2, 0.25) is 0 Å². The van der Waals surface area contributed by atoms with Crippen LogP contribution in [-0.4, -0.2) is 38.3 Å². The number of alkyl halides is 2. The van der Waals surface area contributed by atoms with Crippen molar-refractivity contribution < 1.29 is 26.7 Å². The maximum absolute atomic E-state index is 12.5. The number of hydrogen-bond donors (Lipinski definition) is 1. The minimum atomic E-state index is -3.52. The van der Waals surface area contributed by atoms with E-state index in [0.717, 1.165) is 24.2 Å². The maximum Gasteiger partial charge on any atom is 0.387 e. The second kappa shape index (κ2) is 8.32. The number of para-hydroxylation sites is 2. The van der Waals surface area contributed by atoms with Crippen LogP contribution >= 0.6 is 11.3 Å². The third-order valence-corrected chi connectivity index (χ3v) is 7.46. The van der Waals surface area contributed by atoms with E-state index in [0.29, 0.717) is 18.0 Å². The highest BCUT2D eigenvalue weighted by atomic mass is 32.2. The van der Waals surface area contributed by atoms with Gasteiger partial charge in [0.1, 0.15) is 9.96 Å². The fourth-order valence-electron chi connectivity index (χ4n) is 2.77. The van der Waals surface area contributed by atoms with E-state index in [1.54, 1.807) is 12.1 Å². The monoisotopic (exact) mass is 416 g/mol. The molecule has 0 spiro atoms. The molecule has 1 amide bonds. The van der Waals surface area contributed by atoms with Gasteiger partial charge in [-0.25, -0.2) is 8.42 Å². The lowest BCUT2D eigenvalue weighted by Gasteiger charge is -2.13. The molecule has 0 bridgehead atoms. The number of amides is 1. The van der Waals surface area contributed by atoms with Crippen LogP contribution < -0.4 is 10.1 Å². The fourth-order valence-corrected chi connectivity index (χ4v) is 5.79. The molecular formula is C17H18F2N2O4S2. The van der Waals surface area contributed by atoms with Crippen LogP contribution in [0.5, 0.6) is 5.75 Å². The molecule has 0 aliphatic carbocycles. The lowest BCUT2D eigenvalue weighted by molar-refractivity contribution is -0.115. The largest absolute Gasteiger partial charge is 0.433 e. The topological polar surface area (TPSA) is 75.7 Å². The van der Waals surface area contributed by atoms with E-state index in [2.05, 4.69) is 10.1 Å². The van der Waals surface area contributed by atoms with E-state index in [4.69, 9.17) is 0 Å². The van der Waals surface area contributed by atoms with E-state index in [-0.39, 0.29) is 22.1 Å². The van der Waals surface area contributed by atoms with Gasteiger partial charge in [0.15, 0.2) is 0 Å². The predicted octanol–water partition coefficient (Wildman–Crippen LogP) is 3.32. The minimum absolute atomic E-state index is 0.0663. The second-order valence-electron chi connectivity index (χ2n) is 5.93. The Balaban J connectivity index is 1.67. The number of carbonyl (C=O) groups excluding carboxylic acids is 1. The molecule has 1 aromatic heterocycles. The first-order chi connectivity index (χ1) is 12.9. The molecule has 1 aliphatic rings. The molecule has 0 saturated carbocycles. The summed E-state index contributed by atoms with van der Waals surface area (Å²) < 4.78 is 55.9. The summed E-state index contributed by atoms with van der Waals surface area (Å²) in [5.74, 6) is -0.586. The molecule has 0 atom stereocenters. The average molecular weight is 416 g/mol. The van der Waals surface area contributed by atoms with E-state index in [1.807, 2.05) is 0 Å². The summed E-state index contributed by atoms with van der Waals surface area (Å²) in [6, 6.07) is 8.96. The molecule has 3 rings (SSSR count). The molecule has 0 radical (unpaired) electrons. The van der Waals surface area contributed by atoms with Crippen molar-refractivity contribution in [3.05, 3.63) is 41.3 Å². The molecule has 27 heavy (non-hydrogen) atoms. The van der Waals surface area contributed by atoms with Crippen LogP contribution in [0.3, 0.4) is 0 Å². The quantitative estimate of drug-likeness (QED) is 0.751. The van der Waals surface area contributed by atoms with E-state index in [1.165, 1.54) is 28.6 Å². The Hall–Kier alpha value is -2.04. The highest BCUT2D eigenvalue weighted by Crippen LogP contribution is 2.29. The van der Waals surface area contributed by atoms with Crippen molar-refractivity contribution in [3.63, 3.8) is 0 Å². The number of nitrogens with one attached hydrogen (secondary N) is 1. The first-order valence-electron chi connectivity index (χ1n) is 8.29. The third-order valence-electron chi connectivity index (χ3n) is 4.01. The Labute approximate surface area is 159 Å². The Morgan fingerprint density at radius 3 is 2.59 bits per heavy atom. The van der Waals surface area contributed by atoms with Gasteiger partial charge < -0.3 is 10.1 Å². The number of halogens is 2. The van der Waals surface area contributed by atoms with Crippen LogP contribution in [0.1, 0.15) is 17.7 Å². The van der Waals surface area contributed by atoms with Gasteiger partial charge in [0, 0.05) is 18.0 Å². The molecule has 1 saturated heterocycles. The van der Waals surface area contributed by atoms with Gasteiger partial charge in [-0.15, -0.1) is 11.3 Å². The van der Waals surface area contributed by atoms with E-state index < -0.39 is 22.5 Å². The van der Waals surface area contributed by atoms with Gasteiger partial charge in [0.2, 0.25) is 5.91 Å². The van der Waals surface area contributed by atoms with Gasteiger partial charge in [0.25, 0.3) is 10.0 Å². The second-order valence-corrected chi connectivity index (χ2v) is 9.26. The SMILES string of the molecule is O=C(Cc1ccc(S(=O)(=O)N2CCCC2)s1)Nc1ccccc1OC(F)F. The first-order valence-corrected chi connectivity index (χ1v) is 10.5. The van der Waals surface area contributed by atoms with E-state index >= 15 is 0 Å². The summed E-state index contributed by atoms with van der Waals surface area (Å²) in [7, 11) is -3.52. The molecule has 0 unspecified atom stereocenters. The highest BCUT2D eigenvalue weighted by molar-refractivity contribution is 7.91. The van der Waals surface area contributed by atoms with Crippen molar-refractivity contribution in [3.8, 4) is 5.75 Å². The van der Waals surface area contributed by atoms with Gasteiger partial charge in [-0.05, 0) is 37.1 Å². The van der Waals surface area contributed by atoms with Gasteiger partial charge in [-0.2, -0.15) is 13.1 Å². The number of sulfonamides is 1. The summed E-state index contributed by atoms with van der Waals surface area (Å²) in [5.41, 5.74) is 0.129. The summed E-state index contributed by atoms with van der Waals surface area (Å²) in [4.78, 5) is 12.8. The predicted molar refractivity (Wildman–Crippen MR) is 97.7 cm³/mol. The molecule has 2 heterocycles. The number of thiophene rings is 1. The lowest BCUT2D eigenvalue weighted by Crippen LogP contribution is -2.27. The standard InChI is InChI=1S/C17H18F2N2O4S2/c18-17(19)25-14-6-2-1-5-13(14)20-15(22)11-12-7-8-16(26-12)27(23,24)21-9-3-4-10-21/h1-2,5-8,17H,3-4,9-11H2,(H,20,22). The molecule has 10 heteroatoms. The minimum Gasteiger partial charge on any atom is -0.433 e. The third kappa shape index (κ3) is 4.82. The Morgan fingerprint density at radius 1 is 1.19 bits per heavy atom. The summed E-state index contributed by atoms with van der Waals surface area (Å²) >= 11 is 1.04. The molecule has 6 nitrogen and oxygen atoms in total. The number of benzene rings is 1. The number of nitrogens with zero attached hydrogens (tertiary/aromatic N) is 1. The normalized spacial score (nSPS) is 15.2. The van der Waals surface area contributed by atoms with Crippen molar-refractivity contribution in [2.45, 2.75) is 30.1 Å². The highest BCUT2D eigenvalue weighted by Gasteiger charge is 2.28. The number of hydrogen-bond acceptors (Lipinski definition) is 5. The van der Waals surface area contributed by atoms with E-state index in [9.17, 15) is 22.0 Å². The van der Waals surface area contributed by atoms with Crippen LogP contribution in [-0.2, 0) is 21.2 Å². The zero-order valence-corrected chi connectivity index (χ0v) is 15.9. The number of anilines is 1. The van der Waals surface area contributed by atoms with Crippen LogP contribution in [0.15, 0.2) is 40.6 Å². The summed E-state index contributed by atoms with van der Waals surface area (Å²) in [6.45, 7) is -1.98. The van der Waals surface area contributed by atoms with Crippen molar-refractivity contribution in [1.82, 2.24) is 4.31 Å². The molecule has 1 aromatic carbocycles. The first kappa shape index (κ1) is 19.7. The van der Waals surface area contributed by atoms with Crippen LogP contribution in [0, 0.1) is 0 Å². The Morgan fingerprint density at radius 2 is 1.89 bits per heavy atom. The molecule has 2 aromatic rings. The average Bonchev–Trinajstić information content (AvgIpc) is 3.28. The molecule has 1 N–H and O–H groups in total. The summed E-state index contributed by atoms with van der Waals surface area (Å²) in [6.07, 6.45) is 1.63. The zero-order chi connectivity index (χ0) is 19.4. The molecule has 146 valence electrons. The van der Waals surface area contributed by atoms with Crippen LogP contribution in [0.4, 0.5) is 14.5 Å². The fraction of sp³-hybridized carbons (Fsp3) is 0.353. The van der Waals surface area contributed by atoms with Crippen LogP contribution in [0.25, 0.3) is 0 Å². The lowest BCUT2D eigenvalue weighted by atomic mass is 10.2. The van der Waals surface area contributed by atoms with Gasteiger partial charge in [-0.1, -0.05) is 12.1 Å². The van der Waals surface area contributed by atoms with Crippen molar-refractivity contribution in [1.29, 1.82) is 0 Å². The smallest absolute Gasteiger partial charge is 0.387 e. The Kier molecular flexibility index (Phi) is 6.08. The zero-order valence-electron chi connectivity index (χ0n) is 14.2. The van der Waals surface area contributed by atoms with Gasteiger partial charge in [-0.3, -0.25) is 4.79 Å². The number of rotatable bonds is 7. The van der Waals surface area contributed by atoms with Crippen molar-refractivity contribution in [2.24, 2.45) is 0 Å². The van der Waals surface area contributed by atoms with Crippen molar-refractivity contribution in [2.75, 3.05) is 18.4 Å². The molecular weight excluding hydrogens is 398 g/mol. The molecule has 1 aliphatic heterocycles. The van der Waals surface area contributed by atoms with Gasteiger partial charge in [0.05, 0.1) is 12.1 Å². The number of carbonyl (C=O) groups is 1. The van der Waals surface area contributed by atoms with Crippen molar-refractivity contribution >= 4 is 33.0 Å².